The molecule has 0 aromatic heterocycles. The molecule has 10 N–H and O–H groups in total. The lowest BCUT2D eigenvalue weighted by atomic mass is 9.94. The first-order chi connectivity index (χ1) is 12.2. The molecule has 0 saturated carbocycles. The first-order valence-electron chi connectivity index (χ1n) is 7.69. The highest BCUT2D eigenvalue weighted by atomic mass is 16.4. The van der Waals surface area contributed by atoms with Crippen LogP contribution in [0.3, 0.4) is 0 Å². The molecule has 148 valence electrons. The van der Waals surface area contributed by atoms with Crippen LogP contribution in [0.25, 0.3) is 0 Å². The van der Waals surface area contributed by atoms with Crippen LogP contribution in [0.4, 0.5) is 5.69 Å². The van der Waals surface area contributed by atoms with E-state index in [1.165, 1.54) is 0 Å². The second-order valence-corrected chi connectivity index (χ2v) is 5.63. The first-order valence-corrected chi connectivity index (χ1v) is 7.69. The van der Waals surface area contributed by atoms with E-state index in [0.717, 1.165) is 0 Å². The number of rotatable bonds is 10. The third-order valence-electron chi connectivity index (χ3n) is 3.68. The first kappa shape index (κ1) is 22.2. The van der Waals surface area contributed by atoms with Crippen molar-refractivity contribution in [3.05, 3.63) is 30.3 Å². The van der Waals surface area contributed by atoms with Crippen LogP contribution in [0.15, 0.2) is 30.3 Å². The number of amides is 1. The Kier molecular flexibility index (Phi) is 8.84. The molecule has 11 nitrogen and oxygen atoms in total. The summed E-state index contributed by atoms with van der Waals surface area (Å²) in [5.74, 6) is -1.14. The standard InChI is InChI=1S/C15H24N2O9/c18-6-8(19)9(20)10(21)11(22)12(23)13(24)14(25)15(26)17-16-7-4-2-1-3-5-7/h1-5,8-14,16,18-25H,6H2,(H,17,26)/t8-,9-,10-,11-,12-,13+,14+/m1/s1. The second-order valence-electron chi connectivity index (χ2n) is 5.63. The van der Waals surface area contributed by atoms with Gasteiger partial charge in [0.2, 0.25) is 0 Å². The predicted molar refractivity (Wildman–Crippen MR) is 87.3 cm³/mol. The fourth-order valence-corrected chi connectivity index (χ4v) is 2.01. The van der Waals surface area contributed by atoms with Crippen molar-refractivity contribution in [3.8, 4) is 0 Å². The quantitative estimate of drug-likeness (QED) is 0.178. The van der Waals surface area contributed by atoms with Gasteiger partial charge in [0.25, 0.3) is 5.91 Å². The maximum Gasteiger partial charge on any atom is 0.269 e. The van der Waals surface area contributed by atoms with Crippen molar-refractivity contribution < 1.29 is 45.6 Å². The molecule has 0 fully saturated rings. The number of carbonyl (C=O) groups is 1. The molecular formula is C15H24N2O9. The molecule has 1 aromatic rings. The molecule has 0 heterocycles. The van der Waals surface area contributed by atoms with Crippen molar-refractivity contribution in [1.82, 2.24) is 5.43 Å². The van der Waals surface area contributed by atoms with E-state index in [9.17, 15) is 40.5 Å². The molecule has 0 radical (unpaired) electrons. The van der Waals surface area contributed by atoms with Crippen molar-refractivity contribution in [2.45, 2.75) is 42.7 Å². The summed E-state index contributed by atoms with van der Waals surface area (Å²) in [4.78, 5) is 11.8. The molecule has 1 amide bonds. The summed E-state index contributed by atoms with van der Waals surface area (Å²) in [6.07, 6.45) is -14.9. The van der Waals surface area contributed by atoms with E-state index < -0.39 is 55.2 Å². The van der Waals surface area contributed by atoms with Crippen LogP contribution in [0.5, 0.6) is 0 Å². The van der Waals surface area contributed by atoms with Gasteiger partial charge in [0.15, 0.2) is 6.10 Å². The van der Waals surface area contributed by atoms with Gasteiger partial charge >= 0.3 is 0 Å². The third-order valence-corrected chi connectivity index (χ3v) is 3.68. The molecular weight excluding hydrogens is 352 g/mol. The summed E-state index contributed by atoms with van der Waals surface area (Å²) in [7, 11) is 0. The Hall–Kier alpha value is -1.83. The summed E-state index contributed by atoms with van der Waals surface area (Å²) >= 11 is 0. The molecule has 0 aliphatic carbocycles. The van der Waals surface area contributed by atoms with Crippen LogP contribution in [0, 0.1) is 0 Å². The molecule has 0 aliphatic rings. The zero-order chi connectivity index (χ0) is 19.9. The number of carbonyl (C=O) groups excluding carboxylic acids is 1. The van der Waals surface area contributed by atoms with E-state index >= 15 is 0 Å². The Labute approximate surface area is 148 Å². The minimum absolute atomic E-state index is 0.472. The minimum Gasteiger partial charge on any atom is -0.394 e. The fraction of sp³-hybridized carbons (Fsp3) is 0.533. The zero-order valence-electron chi connectivity index (χ0n) is 13.6. The fourth-order valence-electron chi connectivity index (χ4n) is 2.01. The molecule has 0 spiro atoms. The van der Waals surface area contributed by atoms with E-state index in [2.05, 4.69) is 10.9 Å². The van der Waals surface area contributed by atoms with E-state index in [1.54, 1.807) is 30.3 Å². The number of aliphatic hydroxyl groups excluding tert-OH is 8. The van der Waals surface area contributed by atoms with E-state index in [0.29, 0.717) is 5.69 Å². The maximum atomic E-state index is 11.8. The average Bonchev–Trinajstić information content (AvgIpc) is 2.68. The van der Waals surface area contributed by atoms with Crippen molar-refractivity contribution in [2.75, 3.05) is 12.0 Å². The molecule has 0 bridgehead atoms. The monoisotopic (exact) mass is 376 g/mol. The molecule has 1 aromatic carbocycles. The SMILES string of the molecule is O=C(NNc1ccccc1)[C@@H](O)[C@@H](O)[C@H](O)[C@H](O)[C@H](O)[C@H](O)[C@H](O)CO. The molecule has 1 rings (SSSR count). The van der Waals surface area contributed by atoms with E-state index in [4.69, 9.17) is 5.11 Å². The van der Waals surface area contributed by atoms with Crippen LogP contribution in [-0.4, -0.2) is 96.1 Å². The molecule has 26 heavy (non-hydrogen) atoms. The predicted octanol–water partition coefficient (Wildman–Crippen LogP) is -4.35. The second kappa shape index (κ2) is 10.4. The highest BCUT2D eigenvalue weighted by molar-refractivity contribution is 5.82. The van der Waals surface area contributed by atoms with Crippen molar-refractivity contribution in [3.63, 3.8) is 0 Å². The summed E-state index contributed by atoms with van der Waals surface area (Å²) in [5.41, 5.74) is 4.99. The smallest absolute Gasteiger partial charge is 0.269 e. The van der Waals surface area contributed by atoms with Crippen molar-refractivity contribution >= 4 is 11.6 Å². The Morgan fingerprint density at radius 3 is 1.85 bits per heavy atom. The lowest BCUT2D eigenvalue weighted by Gasteiger charge is -2.31. The molecule has 0 saturated heterocycles. The van der Waals surface area contributed by atoms with Gasteiger partial charge in [-0.05, 0) is 12.1 Å². The lowest BCUT2D eigenvalue weighted by molar-refractivity contribution is -0.174. The van der Waals surface area contributed by atoms with Crippen molar-refractivity contribution in [1.29, 1.82) is 0 Å². The van der Waals surface area contributed by atoms with Gasteiger partial charge in [0.05, 0.1) is 12.3 Å². The molecule has 11 heteroatoms. The van der Waals surface area contributed by atoms with Gasteiger partial charge < -0.3 is 40.9 Å². The minimum atomic E-state index is -2.25. The van der Waals surface area contributed by atoms with Gasteiger partial charge in [-0.1, -0.05) is 18.2 Å². The highest BCUT2D eigenvalue weighted by Gasteiger charge is 2.40. The number of benzene rings is 1. The number of hydrogen-bond donors (Lipinski definition) is 10. The summed E-state index contributed by atoms with van der Waals surface area (Å²) in [6, 6.07) is 8.29. The van der Waals surface area contributed by atoms with Gasteiger partial charge in [0, 0.05) is 0 Å². The number of aliphatic hydroxyl groups is 8. The zero-order valence-corrected chi connectivity index (χ0v) is 13.6. The van der Waals surface area contributed by atoms with Gasteiger partial charge in [0.1, 0.15) is 36.6 Å². The Balaban J connectivity index is 2.61. The normalized spacial score (nSPS) is 19.5. The van der Waals surface area contributed by atoms with Gasteiger partial charge in [-0.3, -0.25) is 15.6 Å². The summed E-state index contributed by atoms with van der Waals surface area (Å²) < 4.78 is 0. The highest BCUT2D eigenvalue weighted by Crippen LogP contribution is 2.13. The van der Waals surface area contributed by atoms with Crippen LogP contribution in [0.2, 0.25) is 0 Å². The van der Waals surface area contributed by atoms with Crippen LogP contribution in [-0.2, 0) is 4.79 Å². The number of hydrogen-bond acceptors (Lipinski definition) is 10. The maximum absolute atomic E-state index is 11.8. The number of anilines is 1. The number of para-hydroxylation sites is 1. The molecule has 0 aliphatic heterocycles. The molecule has 0 unspecified atom stereocenters. The average molecular weight is 376 g/mol. The Morgan fingerprint density at radius 2 is 1.31 bits per heavy atom. The lowest BCUT2D eigenvalue weighted by Crippen LogP contribution is -2.57. The summed E-state index contributed by atoms with van der Waals surface area (Å²) in [5, 5.41) is 76.1. The van der Waals surface area contributed by atoms with E-state index in [1.807, 2.05) is 0 Å². The van der Waals surface area contributed by atoms with Gasteiger partial charge in [-0.25, -0.2) is 0 Å². The molecule has 7 atom stereocenters. The number of nitrogens with one attached hydrogen (secondary N) is 2. The van der Waals surface area contributed by atoms with Crippen molar-refractivity contribution in [2.24, 2.45) is 0 Å². The summed E-state index contributed by atoms with van der Waals surface area (Å²) in [6.45, 7) is -0.931. The third kappa shape index (κ3) is 5.86. The topological polar surface area (TPSA) is 203 Å². The van der Waals surface area contributed by atoms with Crippen LogP contribution >= 0.6 is 0 Å². The van der Waals surface area contributed by atoms with Gasteiger partial charge in [-0.2, -0.15) is 0 Å². The van der Waals surface area contributed by atoms with Crippen LogP contribution in [0.1, 0.15) is 0 Å². The van der Waals surface area contributed by atoms with Gasteiger partial charge in [-0.15, -0.1) is 0 Å². The Morgan fingerprint density at radius 1 is 0.808 bits per heavy atom. The Bertz CT molecular complexity index is 547. The van der Waals surface area contributed by atoms with E-state index in [-0.39, 0.29) is 0 Å². The number of hydrazine groups is 1. The van der Waals surface area contributed by atoms with Crippen LogP contribution < -0.4 is 10.9 Å². The largest absolute Gasteiger partial charge is 0.394 e.